The highest BCUT2D eigenvalue weighted by Crippen LogP contribution is 1.90. The second kappa shape index (κ2) is 5.92. The van der Waals surface area contributed by atoms with Crippen LogP contribution >= 0.6 is 12.2 Å². The Morgan fingerprint density at radius 3 is 2.43 bits per heavy atom. The maximum Gasteiger partial charge on any atom is 0.235 e. The van der Waals surface area contributed by atoms with E-state index in [1.54, 1.807) is 0 Å². The SMILES string of the molecule is CCCNC(=O)CS(=O)(=O)CC(N)=S. The van der Waals surface area contributed by atoms with Crippen LogP contribution in [0.25, 0.3) is 0 Å². The van der Waals surface area contributed by atoms with E-state index < -0.39 is 27.3 Å². The molecule has 0 aliphatic rings. The van der Waals surface area contributed by atoms with Gasteiger partial charge in [-0.1, -0.05) is 19.1 Å². The third-order valence-electron chi connectivity index (χ3n) is 1.29. The third kappa shape index (κ3) is 6.79. The van der Waals surface area contributed by atoms with Crippen LogP contribution in [0.15, 0.2) is 0 Å². The van der Waals surface area contributed by atoms with Crippen molar-refractivity contribution in [3.05, 3.63) is 0 Å². The summed E-state index contributed by atoms with van der Waals surface area (Å²) in [6.45, 7) is 2.35. The summed E-state index contributed by atoms with van der Waals surface area (Å²) in [5.74, 6) is -1.48. The Kier molecular flexibility index (Phi) is 5.63. The second-order valence-electron chi connectivity index (χ2n) is 2.85. The van der Waals surface area contributed by atoms with Crippen molar-refractivity contribution in [2.24, 2.45) is 5.73 Å². The zero-order valence-electron chi connectivity index (χ0n) is 7.95. The summed E-state index contributed by atoms with van der Waals surface area (Å²) in [5, 5.41) is 2.46. The zero-order valence-corrected chi connectivity index (χ0v) is 9.58. The fraction of sp³-hybridized carbons (Fsp3) is 0.714. The van der Waals surface area contributed by atoms with Crippen LogP contribution in [0, 0.1) is 0 Å². The molecule has 0 saturated carbocycles. The molecule has 0 aromatic carbocycles. The fourth-order valence-electron chi connectivity index (χ4n) is 0.783. The number of nitrogens with one attached hydrogen (secondary N) is 1. The maximum atomic E-state index is 11.2. The largest absolute Gasteiger partial charge is 0.392 e. The molecule has 0 fully saturated rings. The molecule has 3 N–H and O–H groups in total. The van der Waals surface area contributed by atoms with E-state index in [1.165, 1.54) is 0 Å². The molecular weight excluding hydrogens is 224 g/mol. The molecule has 5 nitrogen and oxygen atoms in total. The molecule has 14 heavy (non-hydrogen) atoms. The van der Waals surface area contributed by atoms with Gasteiger partial charge in [0.05, 0.1) is 4.99 Å². The number of rotatable bonds is 6. The summed E-state index contributed by atoms with van der Waals surface area (Å²) in [7, 11) is -3.49. The van der Waals surface area contributed by atoms with Crippen molar-refractivity contribution in [2.45, 2.75) is 13.3 Å². The minimum atomic E-state index is -3.49. The van der Waals surface area contributed by atoms with Crippen molar-refractivity contribution in [2.75, 3.05) is 18.1 Å². The van der Waals surface area contributed by atoms with Crippen molar-refractivity contribution in [1.29, 1.82) is 0 Å². The summed E-state index contributed by atoms with van der Waals surface area (Å²) < 4.78 is 22.4. The molecule has 82 valence electrons. The average Bonchev–Trinajstić information content (AvgIpc) is 1.96. The number of carbonyl (C=O) groups is 1. The topological polar surface area (TPSA) is 89.3 Å². The Hall–Kier alpha value is -0.690. The fourth-order valence-corrected chi connectivity index (χ4v) is 2.36. The highest BCUT2D eigenvalue weighted by Gasteiger charge is 2.16. The lowest BCUT2D eigenvalue weighted by molar-refractivity contribution is -0.118. The zero-order chi connectivity index (χ0) is 11.2. The van der Waals surface area contributed by atoms with Gasteiger partial charge in [0.1, 0.15) is 11.5 Å². The molecule has 0 saturated heterocycles. The molecule has 0 rings (SSSR count). The Labute approximate surface area is 89.0 Å². The Morgan fingerprint density at radius 1 is 1.43 bits per heavy atom. The predicted octanol–water partition coefficient (Wildman–Crippen LogP) is -0.786. The number of carbonyl (C=O) groups excluding carboxylic acids is 1. The third-order valence-corrected chi connectivity index (χ3v) is 3.07. The van der Waals surface area contributed by atoms with Crippen LogP contribution in [0.4, 0.5) is 0 Å². The van der Waals surface area contributed by atoms with Gasteiger partial charge in [-0.2, -0.15) is 0 Å². The second-order valence-corrected chi connectivity index (χ2v) is 5.44. The van der Waals surface area contributed by atoms with E-state index in [0.29, 0.717) is 6.54 Å². The Bertz CT molecular complexity index is 311. The summed E-state index contributed by atoms with van der Waals surface area (Å²) >= 11 is 4.45. The van der Waals surface area contributed by atoms with Crippen LogP contribution in [0.3, 0.4) is 0 Å². The molecule has 0 spiro atoms. The Morgan fingerprint density at radius 2 is 2.00 bits per heavy atom. The minimum Gasteiger partial charge on any atom is -0.392 e. The molecule has 0 atom stereocenters. The van der Waals surface area contributed by atoms with Gasteiger partial charge in [-0.05, 0) is 6.42 Å². The van der Waals surface area contributed by atoms with Gasteiger partial charge in [-0.25, -0.2) is 8.42 Å². The van der Waals surface area contributed by atoms with E-state index in [4.69, 9.17) is 5.73 Å². The predicted molar refractivity (Wildman–Crippen MR) is 58.7 cm³/mol. The molecular formula is C7H14N2O3S2. The smallest absolute Gasteiger partial charge is 0.235 e. The summed E-state index contributed by atoms with van der Waals surface area (Å²) in [5.41, 5.74) is 5.07. The number of amides is 1. The first kappa shape index (κ1) is 13.3. The molecule has 0 aromatic heterocycles. The van der Waals surface area contributed by atoms with Gasteiger partial charge in [0.25, 0.3) is 0 Å². The van der Waals surface area contributed by atoms with Crippen molar-refractivity contribution in [3.8, 4) is 0 Å². The number of hydrogen-bond donors (Lipinski definition) is 2. The van der Waals surface area contributed by atoms with Gasteiger partial charge in [-0.3, -0.25) is 4.79 Å². The van der Waals surface area contributed by atoms with Crippen molar-refractivity contribution < 1.29 is 13.2 Å². The van der Waals surface area contributed by atoms with E-state index >= 15 is 0 Å². The number of thiocarbonyl (C=S) groups is 1. The lowest BCUT2D eigenvalue weighted by Crippen LogP contribution is -2.34. The molecule has 1 amide bonds. The lowest BCUT2D eigenvalue weighted by Gasteiger charge is -2.03. The molecule has 0 aliphatic heterocycles. The number of sulfone groups is 1. The van der Waals surface area contributed by atoms with Crippen LogP contribution in [-0.4, -0.2) is 37.4 Å². The van der Waals surface area contributed by atoms with Gasteiger partial charge in [0, 0.05) is 6.54 Å². The molecule has 0 radical (unpaired) electrons. The molecule has 0 aromatic rings. The van der Waals surface area contributed by atoms with Crippen LogP contribution in [0.2, 0.25) is 0 Å². The van der Waals surface area contributed by atoms with Crippen molar-refractivity contribution in [1.82, 2.24) is 5.32 Å². The first-order valence-corrected chi connectivity index (χ1v) is 6.35. The maximum absolute atomic E-state index is 11.2. The molecule has 0 unspecified atom stereocenters. The van der Waals surface area contributed by atoms with Gasteiger partial charge in [0.15, 0.2) is 9.84 Å². The number of hydrogen-bond acceptors (Lipinski definition) is 4. The standard InChI is InChI=1S/C7H14N2O3S2/c1-2-3-9-7(10)5-14(11,12)4-6(8)13/h2-5H2,1H3,(H2,8,13)(H,9,10). The highest BCUT2D eigenvalue weighted by molar-refractivity contribution is 7.94. The van der Waals surface area contributed by atoms with E-state index in [9.17, 15) is 13.2 Å². The first-order valence-electron chi connectivity index (χ1n) is 4.13. The van der Waals surface area contributed by atoms with E-state index in [-0.39, 0.29) is 4.99 Å². The number of nitrogens with two attached hydrogens (primary N) is 1. The summed E-state index contributed by atoms with van der Waals surface area (Å²) in [6.07, 6.45) is 0.765. The van der Waals surface area contributed by atoms with Gasteiger partial charge in [-0.15, -0.1) is 0 Å². The van der Waals surface area contributed by atoms with Gasteiger partial charge >= 0.3 is 0 Å². The van der Waals surface area contributed by atoms with Crippen molar-refractivity contribution >= 4 is 33.0 Å². The monoisotopic (exact) mass is 238 g/mol. The van der Waals surface area contributed by atoms with Crippen LogP contribution < -0.4 is 11.1 Å². The van der Waals surface area contributed by atoms with Crippen LogP contribution in [0.1, 0.15) is 13.3 Å². The van der Waals surface area contributed by atoms with Crippen molar-refractivity contribution in [3.63, 3.8) is 0 Å². The van der Waals surface area contributed by atoms with E-state index in [0.717, 1.165) is 6.42 Å². The van der Waals surface area contributed by atoms with E-state index in [2.05, 4.69) is 17.5 Å². The first-order chi connectivity index (χ1) is 6.37. The normalized spacial score (nSPS) is 10.9. The molecule has 7 heteroatoms. The lowest BCUT2D eigenvalue weighted by atomic mass is 10.5. The van der Waals surface area contributed by atoms with E-state index in [1.807, 2.05) is 6.92 Å². The van der Waals surface area contributed by atoms with Crippen LogP contribution in [0.5, 0.6) is 0 Å². The average molecular weight is 238 g/mol. The van der Waals surface area contributed by atoms with Gasteiger partial charge < -0.3 is 11.1 Å². The minimum absolute atomic E-state index is 0.117. The highest BCUT2D eigenvalue weighted by atomic mass is 32.2. The Balaban J connectivity index is 4.09. The van der Waals surface area contributed by atoms with Crippen LogP contribution in [-0.2, 0) is 14.6 Å². The quantitative estimate of drug-likeness (QED) is 0.592. The molecule has 0 aliphatic carbocycles. The molecule has 0 bridgehead atoms. The summed E-state index contributed by atoms with van der Waals surface area (Å²) in [4.78, 5) is 10.9. The molecule has 0 heterocycles. The van der Waals surface area contributed by atoms with Gasteiger partial charge in [0.2, 0.25) is 5.91 Å². The summed E-state index contributed by atoms with van der Waals surface area (Å²) in [6, 6.07) is 0.